The molecule has 5 heteroatoms. The standard InChI is InChI=1S/C16H32N2O3/c1-7-18(15(19)21-16(4,5)6)9-8-17-14-10-12(2)20-13(3)11-14/h12-14,17H,7-11H2,1-6H3. The molecule has 1 rings (SSSR count). The first-order valence-electron chi connectivity index (χ1n) is 8.08. The van der Waals surface area contributed by atoms with Crippen molar-refractivity contribution in [3.63, 3.8) is 0 Å². The zero-order valence-corrected chi connectivity index (χ0v) is 14.4. The van der Waals surface area contributed by atoms with Crippen LogP contribution in [0.1, 0.15) is 54.4 Å². The van der Waals surface area contributed by atoms with Crippen molar-refractivity contribution in [1.29, 1.82) is 0 Å². The summed E-state index contributed by atoms with van der Waals surface area (Å²) < 4.78 is 11.1. The maximum atomic E-state index is 12.0. The third-order valence-corrected chi connectivity index (χ3v) is 3.55. The van der Waals surface area contributed by atoms with Crippen LogP contribution >= 0.6 is 0 Å². The molecule has 2 atom stereocenters. The second-order valence-corrected chi connectivity index (χ2v) is 6.94. The number of hydrogen-bond acceptors (Lipinski definition) is 4. The van der Waals surface area contributed by atoms with E-state index in [0.717, 1.165) is 19.4 Å². The van der Waals surface area contributed by atoms with E-state index in [4.69, 9.17) is 9.47 Å². The van der Waals surface area contributed by atoms with Gasteiger partial charge in [-0.2, -0.15) is 0 Å². The Labute approximate surface area is 129 Å². The predicted molar refractivity (Wildman–Crippen MR) is 84.5 cm³/mol. The normalized spacial score (nSPS) is 26.5. The van der Waals surface area contributed by atoms with Gasteiger partial charge in [0, 0.05) is 25.7 Å². The van der Waals surface area contributed by atoms with Gasteiger partial charge in [-0.25, -0.2) is 4.79 Å². The molecule has 1 aliphatic heterocycles. The van der Waals surface area contributed by atoms with E-state index in [2.05, 4.69) is 19.2 Å². The molecule has 1 N–H and O–H groups in total. The van der Waals surface area contributed by atoms with Crippen molar-refractivity contribution in [3.05, 3.63) is 0 Å². The van der Waals surface area contributed by atoms with Crippen LogP contribution < -0.4 is 5.32 Å². The number of nitrogens with one attached hydrogen (secondary N) is 1. The van der Waals surface area contributed by atoms with Crippen LogP contribution in [0.3, 0.4) is 0 Å². The van der Waals surface area contributed by atoms with Gasteiger partial charge in [-0.3, -0.25) is 0 Å². The highest BCUT2D eigenvalue weighted by Gasteiger charge is 2.25. The van der Waals surface area contributed by atoms with E-state index in [1.807, 2.05) is 27.7 Å². The van der Waals surface area contributed by atoms with Gasteiger partial charge in [-0.15, -0.1) is 0 Å². The summed E-state index contributed by atoms with van der Waals surface area (Å²) in [6.45, 7) is 14.0. The van der Waals surface area contributed by atoms with E-state index in [0.29, 0.717) is 31.3 Å². The number of hydrogen-bond donors (Lipinski definition) is 1. The van der Waals surface area contributed by atoms with Crippen molar-refractivity contribution in [3.8, 4) is 0 Å². The second kappa shape index (κ2) is 7.99. The van der Waals surface area contributed by atoms with E-state index in [-0.39, 0.29) is 6.09 Å². The molecule has 1 aliphatic rings. The van der Waals surface area contributed by atoms with E-state index in [1.54, 1.807) is 4.90 Å². The second-order valence-electron chi connectivity index (χ2n) is 6.94. The first-order valence-corrected chi connectivity index (χ1v) is 8.08. The maximum absolute atomic E-state index is 12.0. The molecule has 0 aromatic heterocycles. The van der Waals surface area contributed by atoms with Gasteiger partial charge in [0.25, 0.3) is 0 Å². The van der Waals surface area contributed by atoms with Crippen LogP contribution in [0.15, 0.2) is 0 Å². The molecular formula is C16H32N2O3. The Kier molecular flexibility index (Phi) is 6.94. The molecular weight excluding hydrogens is 268 g/mol. The van der Waals surface area contributed by atoms with Gasteiger partial charge in [0.05, 0.1) is 12.2 Å². The zero-order valence-electron chi connectivity index (χ0n) is 14.4. The van der Waals surface area contributed by atoms with Gasteiger partial charge in [-0.1, -0.05) is 0 Å². The third-order valence-electron chi connectivity index (χ3n) is 3.55. The van der Waals surface area contributed by atoms with Crippen LogP contribution in [0.5, 0.6) is 0 Å². The van der Waals surface area contributed by atoms with E-state index in [1.165, 1.54) is 0 Å². The van der Waals surface area contributed by atoms with Crippen molar-refractivity contribution in [2.24, 2.45) is 0 Å². The summed E-state index contributed by atoms with van der Waals surface area (Å²) >= 11 is 0. The quantitative estimate of drug-likeness (QED) is 0.848. The summed E-state index contributed by atoms with van der Waals surface area (Å²) in [5.74, 6) is 0. The van der Waals surface area contributed by atoms with Crippen LogP contribution in [-0.2, 0) is 9.47 Å². The first kappa shape index (κ1) is 18.2. The lowest BCUT2D eigenvalue weighted by atomic mass is 10.00. The monoisotopic (exact) mass is 300 g/mol. The smallest absolute Gasteiger partial charge is 0.410 e. The van der Waals surface area contributed by atoms with Crippen molar-refractivity contribution < 1.29 is 14.3 Å². The van der Waals surface area contributed by atoms with Crippen molar-refractivity contribution in [2.45, 2.75) is 78.2 Å². The van der Waals surface area contributed by atoms with Crippen LogP contribution in [0.4, 0.5) is 4.79 Å². The molecule has 1 saturated heterocycles. The van der Waals surface area contributed by atoms with Crippen LogP contribution in [-0.4, -0.2) is 54.5 Å². The van der Waals surface area contributed by atoms with Crippen LogP contribution in [0.25, 0.3) is 0 Å². The number of likely N-dealkylation sites (N-methyl/N-ethyl adjacent to an activating group) is 1. The topological polar surface area (TPSA) is 50.8 Å². The van der Waals surface area contributed by atoms with Gasteiger partial charge in [-0.05, 0) is 54.4 Å². The Morgan fingerprint density at radius 2 is 1.86 bits per heavy atom. The van der Waals surface area contributed by atoms with Gasteiger partial charge in [0.15, 0.2) is 0 Å². The number of carbonyl (C=O) groups is 1. The fourth-order valence-corrected chi connectivity index (χ4v) is 2.68. The van der Waals surface area contributed by atoms with Gasteiger partial charge in [0.1, 0.15) is 5.60 Å². The number of nitrogens with zero attached hydrogens (tertiary/aromatic N) is 1. The molecule has 0 bridgehead atoms. The fourth-order valence-electron chi connectivity index (χ4n) is 2.68. The lowest BCUT2D eigenvalue weighted by Gasteiger charge is -2.33. The summed E-state index contributed by atoms with van der Waals surface area (Å²) in [5.41, 5.74) is -0.441. The van der Waals surface area contributed by atoms with Crippen molar-refractivity contribution in [1.82, 2.24) is 10.2 Å². The maximum Gasteiger partial charge on any atom is 0.410 e. The highest BCUT2D eigenvalue weighted by atomic mass is 16.6. The van der Waals surface area contributed by atoms with E-state index >= 15 is 0 Å². The molecule has 5 nitrogen and oxygen atoms in total. The molecule has 0 spiro atoms. The lowest BCUT2D eigenvalue weighted by molar-refractivity contribution is -0.0423. The van der Waals surface area contributed by atoms with Crippen LogP contribution in [0, 0.1) is 0 Å². The molecule has 0 aromatic carbocycles. The minimum Gasteiger partial charge on any atom is -0.444 e. The molecule has 1 fully saturated rings. The number of carbonyl (C=O) groups excluding carboxylic acids is 1. The summed E-state index contributed by atoms with van der Waals surface area (Å²) in [4.78, 5) is 13.8. The minimum atomic E-state index is -0.441. The Morgan fingerprint density at radius 3 is 2.33 bits per heavy atom. The molecule has 1 amide bonds. The largest absolute Gasteiger partial charge is 0.444 e. The highest BCUT2D eigenvalue weighted by molar-refractivity contribution is 5.68. The fraction of sp³-hybridized carbons (Fsp3) is 0.938. The molecule has 1 heterocycles. The Morgan fingerprint density at radius 1 is 1.29 bits per heavy atom. The number of rotatable bonds is 5. The SMILES string of the molecule is CCN(CCNC1CC(C)OC(C)C1)C(=O)OC(C)(C)C. The average molecular weight is 300 g/mol. The summed E-state index contributed by atoms with van der Waals surface area (Å²) in [5, 5.41) is 3.54. The average Bonchev–Trinajstić information content (AvgIpc) is 2.31. The Bertz CT molecular complexity index is 318. The minimum absolute atomic E-state index is 0.236. The van der Waals surface area contributed by atoms with Crippen molar-refractivity contribution in [2.75, 3.05) is 19.6 Å². The Hall–Kier alpha value is -0.810. The molecule has 2 unspecified atom stereocenters. The van der Waals surface area contributed by atoms with E-state index < -0.39 is 5.60 Å². The van der Waals surface area contributed by atoms with Gasteiger partial charge < -0.3 is 19.7 Å². The Balaban J connectivity index is 2.33. The predicted octanol–water partition coefficient (Wildman–Crippen LogP) is 2.79. The zero-order chi connectivity index (χ0) is 16.0. The van der Waals surface area contributed by atoms with Gasteiger partial charge >= 0.3 is 6.09 Å². The molecule has 124 valence electrons. The summed E-state index contributed by atoms with van der Waals surface area (Å²) in [6.07, 6.45) is 2.44. The molecule has 0 saturated carbocycles. The summed E-state index contributed by atoms with van der Waals surface area (Å²) in [7, 11) is 0. The highest BCUT2D eigenvalue weighted by Crippen LogP contribution is 2.18. The van der Waals surface area contributed by atoms with E-state index in [9.17, 15) is 4.79 Å². The number of ether oxygens (including phenoxy) is 2. The summed E-state index contributed by atoms with van der Waals surface area (Å²) in [6, 6.07) is 0.473. The lowest BCUT2D eigenvalue weighted by Crippen LogP contribution is -2.45. The van der Waals surface area contributed by atoms with Crippen molar-refractivity contribution >= 4 is 6.09 Å². The number of amides is 1. The molecule has 0 aromatic rings. The van der Waals surface area contributed by atoms with Gasteiger partial charge in [0.2, 0.25) is 0 Å². The first-order chi connectivity index (χ1) is 9.71. The molecule has 0 radical (unpaired) electrons. The molecule has 21 heavy (non-hydrogen) atoms. The molecule has 0 aliphatic carbocycles. The van der Waals surface area contributed by atoms with Crippen LogP contribution in [0.2, 0.25) is 0 Å². The third kappa shape index (κ3) is 7.14.